The summed E-state index contributed by atoms with van der Waals surface area (Å²) in [6, 6.07) is 4.14. The molecule has 1 aromatic rings. The van der Waals surface area contributed by atoms with Crippen molar-refractivity contribution in [3.05, 3.63) is 29.0 Å². The Balaban J connectivity index is 1.80. The fourth-order valence-corrected chi connectivity index (χ4v) is 2.92. The number of β-amino-alcohol motifs (C(OH)–C–C–N with tert-alkyl or cyclic N) is 1. The summed E-state index contributed by atoms with van der Waals surface area (Å²) in [6.45, 7) is 2.37. The molecule has 1 atom stereocenters. The molecule has 0 aromatic heterocycles. The number of anilines is 1. The van der Waals surface area contributed by atoms with Gasteiger partial charge in [-0.1, -0.05) is 11.6 Å². The largest absolute Gasteiger partial charge is 0.389 e. The number of hydrogen-bond acceptors (Lipinski definition) is 4. The van der Waals surface area contributed by atoms with Crippen LogP contribution in [0.5, 0.6) is 0 Å². The van der Waals surface area contributed by atoms with E-state index in [-0.39, 0.29) is 16.8 Å². The summed E-state index contributed by atoms with van der Waals surface area (Å²) in [5, 5.41) is 12.5. The van der Waals surface area contributed by atoms with Crippen molar-refractivity contribution in [1.29, 1.82) is 0 Å². The summed E-state index contributed by atoms with van der Waals surface area (Å²) in [4.78, 5) is 14.4. The number of aliphatic hydroxyl groups is 1. The minimum atomic E-state index is -0.508. The average molecular weight is 345 g/mol. The van der Waals surface area contributed by atoms with Crippen molar-refractivity contribution < 1.29 is 19.0 Å². The summed E-state index contributed by atoms with van der Waals surface area (Å²) < 4.78 is 18.0. The number of halogens is 2. The van der Waals surface area contributed by atoms with E-state index in [9.17, 15) is 14.3 Å². The Morgan fingerprint density at radius 3 is 2.83 bits per heavy atom. The normalized spacial score (nSPS) is 17.9. The molecular formula is C16H22ClFN2O3. The van der Waals surface area contributed by atoms with Gasteiger partial charge in [-0.25, -0.2) is 4.39 Å². The number of carbonyl (C=O) groups excluding carboxylic acids is 1. The van der Waals surface area contributed by atoms with Crippen molar-refractivity contribution in [2.24, 2.45) is 5.92 Å². The van der Waals surface area contributed by atoms with E-state index >= 15 is 0 Å². The van der Waals surface area contributed by atoms with E-state index in [4.69, 9.17) is 16.3 Å². The summed E-state index contributed by atoms with van der Waals surface area (Å²) >= 11 is 5.71. The summed E-state index contributed by atoms with van der Waals surface area (Å²) in [6.07, 6.45) is 0.938. The first-order valence-corrected chi connectivity index (χ1v) is 8.02. The van der Waals surface area contributed by atoms with Gasteiger partial charge in [-0.05, 0) is 44.1 Å². The number of piperidine rings is 1. The quantitative estimate of drug-likeness (QED) is 0.830. The molecule has 23 heavy (non-hydrogen) atoms. The lowest BCUT2D eigenvalue weighted by molar-refractivity contribution is -0.121. The molecule has 7 heteroatoms. The van der Waals surface area contributed by atoms with Crippen LogP contribution in [0.1, 0.15) is 12.8 Å². The molecular weight excluding hydrogens is 323 g/mol. The van der Waals surface area contributed by atoms with Crippen LogP contribution in [0.4, 0.5) is 10.1 Å². The highest BCUT2D eigenvalue weighted by molar-refractivity contribution is 6.31. The third kappa shape index (κ3) is 5.42. The molecule has 1 saturated heterocycles. The molecule has 0 radical (unpaired) electrons. The standard InChI is InChI=1S/C16H22ClFN2O3/c1-23-10-13(21)9-20-6-4-11(5-7-20)16(22)19-12-2-3-15(18)14(17)8-12/h2-3,8,11,13,21H,4-7,9-10H2,1H3,(H,19,22). The number of hydrogen-bond donors (Lipinski definition) is 2. The number of carbonyl (C=O) groups is 1. The number of nitrogens with zero attached hydrogens (tertiary/aromatic N) is 1. The van der Waals surface area contributed by atoms with Crippen molar-refractivity contribution in [3.8, 4) is 0 Å². The lowest BCUT2D eigenvalue weighted by Crippen LogP contribution is -2.42. The van der Waals surface area contributed by atoms with Crippen LogP contribution in [-0.2, 0) is 9.53 Å². The second kappa shape index (κ2) is 8.59. The van der Waals surface area contributed by atoms with Gasteiger partial charge in [0.2, 0.25) is 5.91 Å². The monoisotopic (exact) mass is 344 g/mol. The number of ether oxygens (including phenoxy) is 1. The Kier molecular flexibility index (Phi) is 6.77. The van der Waals surface area contributed by atoms with Crippen molar-refractivity contribution in [1.82, 2.24) is 4.90 Å². The highest BCUT2D eigenvalue weighted by Gasteiger charge is 2.26. The van der Waals surface area contributed by atoms with Gasteiger partial charge >= 0.3 is 0 Å². The Hall–Kier alpha value is -1.21. The summed E-state index contributed by atoms with van der Waals surface area (Å²) in [7, 11) is 1.56. The molecule has 0 spiro atoms. The molecule has 2 N–H and O–H groups in total. The zero-order valence-corrected chi connectivity index (χ0v) is 13.9. The molecule has 0 aliphatic carbocycles. The third-order valence-electron chi connectivity index (χ3n) is 3.97. The predicted octanol–water partition coefficient (Wildman–Crippen LogP) is 2.14. The molecule has 1 fully saturated rings. The van der Waals surface area contributed by atoms with Crippen LogP contribution >= 0.6 is 11.6 Å². The Morgan fingerprint density at radius 1 is 1.52 bits per heavy atom. The van der Waals surface area contributed by atoms with Crippen LogP contribution in [0.2, 0.25) is 5.02 Å². The van der Waals surface area contributed by atoms with E-state index in [1.54, 1.807) is 7.11 Å². The zero-order valence-electron chi connectivity index (χ0n) is 13.1. The van der Waals surface area contributed by atoms with E-state index in [1.807, 2.05) is 0 Å². The molecule has 1 amide bonds. The van der Waals surface area contributed by atoms with Crippen LogP contribution in [0.3, 0.4) is 0 Å². The van der Waals surface area contributed by atoms with E-state index < -0.39 is 11.9 Å². The van der Waals surface area contributed by atoms with Crippen LogP contribution in [-0.4, -0.2) is 55.4 Å². The number of rotatable bonds is 6. The fourth-order valence-electron chi connectivity index (χ4n) is 2.74. The van der Waals surface area contributed by atoms with Gasteiger partial charge in [0.1, 0.15) is 5.82 Å². The van der Waals surface area contributed by atoms with Gasteiger partial charge in [-0.15, -0.1) is 0 Å². The van der Waals surface area contributed by atoms with Gasteiger partial charge in [-0.2, -0.15) is 0 Å². The first-order chi connectivity index (χ1) is 11.0. The first kappa shape index (κ1) is 18.1. The molecule has 0 bridgehead atoms. The number of methoxy groups -OCH3 is 1. The van der Waals surface area contributed by atoms with Crippen molar-refractivity contribution in [3.63, 3.8) is 0 Å². The van der Waals surface area contributed by atoms with Gasteiger partial charge < -0.3 is 20.1 Å². The van der Waals surface area contributed by atoms with Crippen molar-refractivity contribution >= 4 is 23.2 Å². The molecule has 2 rings (SSSR count). The second-order valence-corrected chi connectivity index (χ2v) is 6.21. The van der Waals surface area contributed by atoms with Crippen LogP contribution in [0, 0.1) is 11.7 Å². The molecule has 128 valence electrons. The SMILES string of the molecule is COCC(O)CN1CCC(C(=O)Nc2ccc(F)c(Cl)c2)CC1. The number of benzene rings is 1. The third-order valence-corrected chi connectivity index (χ3v) is 4.26. The number of nitrogens with one attached hydrogen (secondary N) is 1. The average Bonchev–Trinajstić information content (AvgIpc) is 2.52. The number of likely N-dealkylation sites (tertiary alicyclic amines) is 1. The highest BCUT2D eigenvalue weighted by atomic mass is 35.5. The Bertz CT molecular complexity index is 536. The van der Waals surface area contributed by atoms with Gasteiger partial charge in [0.25, 0.3) is 0 Å². The van der Waals surface area contributed by atoms with Gasteiger partial charge in [0, 0.05) is 25.3 Å². The smallest absolute Gasteiger partial charge is 0.227 e. The van der Waals surface area contributed by atoms with Gasteiger partial charge in [0.05, 0.1) is 17.7 Å². The van der Waals surface area contributed by atoms with E-state index in [1.165, 1.54) is 18.2 Å². The predicted molar refractivity (Wildman–Crippen MR) is 87.1 cm³/mol. The Labute approximate surface area is 140 Å². The maximum absolute atomic E-state index is 13.1. The van der Waals surface area contributed by atoms with Crippen molar-refractivity contribution in [2.45, 2.75) is 18.9 Å². The molecule has 5 nitrogen and oxygen atoms in total. The number of aliphatic hydroxyl groups excluding tert-OH is 1. The highest BCUT2D eigenvalue weighted by Crippen LogP contribution is 2.22. The maximum Gasteiger partial charge on any atom is 0.227 e. The van der Waals surface area contributed by atoms with E-state index in [0.29, 0.717) is 18.8 Å². The van der Waals surface area contributed by atoms with Gasteiger partial charge in [0.15, 0.2) is 0 Å². The van der Waals surface area contributed by atoms with E-state index in [2.05, 4.69) is 10.2 Å². The first-order valence-electron chi connectivity index (χ1n) is 7.65. The van der Waals surface area contributed by atoms with Crippen molar-refractivity contribution in [2.75, 3.05) is 38.7 Å². The van der Waals surface area contributed by atoms with Crippen LogP contribution in [0.25, 0.3) is 0 Å². The Morgan fingerprint density at radius 2 is 2.22 bits per heavy atom. The maximum atomic E-state index is 13.1. The molecule has 1 aromatic carbocycles. The second-order valence-electron chi connectivity index (χ2n) is 5.80. The lowest BCUT2D eigenvalue weighted by atomic mass is 9.95. The molecule has 1 unspecified atom stereocenters. The van der Waals surface area contributed by atoms with Crippen LogP contribution < -0.4 is 5.32 Å². The minimum absolute atomic E-state index is 0.00949. The van der Waals surface area contributed by atoms with Crippen LogP contribution in [0.15, 0.2) is 18.2 Å². The topological polar surface area (TPSA) is 61.8 Å². The molecule has 1 aliphatic heterocycles. The zero-order chi connectivity index (χ0) is 16.8. The minimum Gasteiger partial charge on any atom is -0.389 e. The molecule has 0 saturated carbocycles. The van der Waals surface area contributed by atoms with Gasteiger partial charge in [-0.3, -0.25) is 4.79 Å². The molecule has 1 heterocycles. The number of amides is 1. The summed E-state index contributed by atoms with van der Waals surface area (Å²) in [5.74, 6) is -0.674. The summed E-state index contributed by atoms with van der Waals surface area (Å²) in [5.41, 5.74) is 0.499. The van der Waals surface area contributed by atoms with E-state index in [0.717, 1.165) is 25.9 Å². The fraction of sp³-hybridized carbons (Fsp3) is 0.562. The molecule has 1 aliphatic rings. The lowest BCUT2D eigenvalue weighted by Gasteiger charge is -2.32.